The number of benzene rings is 1. The number of fused-ring (bicyclic) bond motifs is 2. The highest BCUT2D eigenvalue weighted by Crippen LogP contribution is 2.54. The van der Waals surface area contributed by atoms with Crippen LogP contribution in [0.3, 0.4) is 0 Å². The Morgan fingerprint density at radius 2 is 2.22 bits per heavy atom. The average Bonchev–Trinajstić information content (AvgIpc) is 3.44. The Morgan fingerprint density at radius 3 is 2.96 bits per heavy atom. The summed E-state index contributed by atoms with van der Waals surface area (Å²) in [4.78, 5) is 32.0. The van der Waals surface area contributed by atoms with E-state index >= 15 is 0 Å². The van der Waals surface area contributed by atoms with Crippen LogP contribution in [0, 0.1) is 0 Å². The molecule has 27 heavy (non-hydrogen) atoms. The molecule has 2 amide bonds. The lowest BCUT2D eigenvalue weighted by molar-refractivity contribution is -0.121. The first-order valence-electron chi connectivity index (χ1n) is 8.70. The van der Waals surface area contributed by atoms with E-state index in [2.05, 4.69) is 15.4 Å². The molecule has 0 saturated carbocycles. The summed E-state index contributed by atoms with van der Waals surface area (Å²) < 4.78 is 6.66. The number of nitrogens with zero attached hydrogens (tertiary/aromatic N) is 4. The zero-order valence-corrected chi connectivity index (χ0v) is 14.6. The molecule has 2 aliphatic rings. The molecule has 1 spiro atoms. The fourth-order valence-corrected chi connectivity index (χ4v) is 4.42. The second-order valence-corrected chi connectivity index (χ2v) is 6.94. The van der Waals surface area contributed by atoms with Gasteiger partial charge in [0.2, 0.25) is 5.91 Å². The Morgan fingerprint density at radius 1 is 1.37 bits per heavy atom. The van der Waals surface area contributed by atoms with Crippen molar-refractivity contribution in [3.63, 3.8) is 0 Å². The molecule has 3 aromatic rings. The van der Waals surface area contributed by atoms with Crippen molar-refractivity contribution < 1.29 is 14.0 Å². The van der Waals surface area contributed by atoms with Gasteiger partial charge in [-0.05, 0) is 18.1 Å². The van der Waals surface area contributed by atoms with Crippen LogP contribution >= 0.6 is 0 Å². The van der Waals surface area contributed by atoms with Gasteiger partial charge >= 0.3 is 0 Å². The molecule has 1 fully saturated rings. The molecule has 2 unspecified atom stereocenters. The van der Waals surface area contributed by atoms with E-state index in [9.17, 15) is 9.59 Å². The predicted octanol–water partition coefficient (Wildman–Crippen LogP) is 1.89. The van der Waals surface area contributed by atoms with Crippen molar-refractivity contribution >= 4 is 17.5 Å². The van der Waals surface area contributed by atoms with Gasteiger partial charge in [-0.3, -0.25) is 14.3 Å². The summed E-state index contributed by atoms with van der Waals surface area (Å²) in [5.41, 5.74) is 1.91. The number of aryl methyl sites for hydroxylation is 1. The normalized spacial score (nSPS) is 23.7. The molecule has 1 saturated heterocycles. The molecule has 1 N–H and O–H groups in total. The zero-order valence-electron chi connectivity index (χ0n) is 14.6. The molecule has 5 rings (SSSR count). The lowest BCUT2D eigenvalue weighted by Crippen LogP contribution is -2.42. The standard InChI is InChI=1S/C19H17N5O3/c1-23-9-12(8-21-23)16-19(13-4-2-3-5-14(13)22-18(19)26)6-7-24(16)17(25)15-10-27-11-20-15/h2-5,8-11,16H,6-7H2,1H3,(H,22,26). The number of anilines is 1. The maximum Gasteiger partial charge on any atom is 0.276 e. The molecule has 4 heterocycles. The van der Waals surface area contributed by atoms with Gasteiger partial charge in [0.05, 0.1) is 12.2 Å². The van der Waals surface area contributed by atoms with E-state index in [1.165, 1.54) is 12.7 Å². The van der Waals surface area contributed by atoms with Crippen molar-refractivity contribution in [1.29, 1.82) is 0 Å². The fourth-order valence-electron chi connectivity index (χ4n) is 4.42. The molecule has 1 aromatic carbocycles. The lowest BCUT2D eigenvalue weighted by Gasteiger charge is -2.33. The minimum absolute atomic E-state index is 0.0898. The number of para-hydroxylation sites is 1. The van der Waals surface area contributed by atoms with Crippen LogP contribution in [0.2, 0.25) is 0 Å². The number of likely N-dealkylation sites (tertiary alicyclic amines) is 1. The highest BCUT2D eigenvalue weighted by molar-refractivity contribution is 6.08. The average molecular weight is 363 g/mol. The summed E-state index contributed by atoms with van der Waals surface area (Å²) >= 11 is 0. The number of carbonyl (C=O) groups excluding carboxylic acids is 2. The monoisotopic (exact) mass is 363 g/mol. The van der Waals surface area contributed by atoms with Gasteiger partial charge < -0.3 is 14.6 Å². The number of oxazole rings is 1. The van der Waals surface area contributed by atoms with Crippen LogP contribution in [0.5, 0.6) is 0 Å². The van der Waals surface area contributed by atoms with Gasteiger partial charge in [-0.25, -0.2) is 4.98 Å². The molecule has 8 nitrogen and oxygen atoms in total. The summed E-state index contributed by atoms with van der Waals surface area (Å²) in [6.07, 6.45) is 6.66. The van der Waals surface area contributed by atoms with Crippen molar-refractivity contribution in [2.75, 3.05) is 11.9 Å². The lowest BCUT2D eigenvalue weighted by atomic mass is 9.73. The van der Waals surface area contributed by atoms with Gasteiger partial charge in [0, 0.05) is 31.0 Å². The minimum atomic E-state index is -0.848. The highest BCUT2D eigenvalue weighted by atomic mass is 16.3. The second kappa shape index (κ2) is 5.54. The Labute approximate surface area is 154 Å². The number of rotatable bonds is 2. The topological polar surface area (TPSA) is 93.3 Å². The maximum atomic E-state index is 13.2. The first-order chi connectivity index (χ1) is 13.1. The largest absolute Gasteiger partial charge is 0.451 e. The van der Waals surface area contributed by atoms with Crippen LogP contribution in [0.25, 0.3) is 0 Å². The van der Waals surface area contributed by atoms with E-state index < -0.39 is 11.5 Å². The van der Waals surface area contributed by atoms with Crippen LogP contribution in [0.15, 0.2) is 53.7 Å². The van der Waals surface area contributed by atoms with E-state index in [-0.39, 0.29) is 17.5 Å². The highest BCUT2D eigenvalue weighted by Gasteiger charge is 2.59. The maximum absolute atomic E-state index is 13.2. The van der Waals surface area contributed by atoms with Crippen LogP contribution < -0.4 is 5.32 Å². The molecule has 136 valence electrons. The van der Waals surface area contributed by atoms with Gasteiger partial charge in [-0.2, -0.15) is 5.10 Å². The molecule has 0 radical (unpaired) electrons. The molecule has 0 aliphatic carbocycles. The Bertz CT molecular complexity index is 1040. The third-order valence-electron chi connectivity index (χ3n) is 5.54. The quantitative estimate of drug-likeness (QED) is 0.750. The summed E-state index contributed by atoms with van der Waals surface area (Å²) in [5, 5.41) is 7.26. The molecule has 8 heteroatoms. The Balaban J connectivity index is 1.68. The fraction of sp³-hybridized carbons (Fsp3) is 0.263. The summed E-state index contributed by atoms with van der Waals surface area (Å²) in [5.74, 6) is -0.348. The van der Waals surface area contributed by atoms with Gasteiger partial charge in [0.15, 0.2) is 12.1 Å². The molecule has 0 bridgehead atoms. The number of hydrogen-bond acceptors (Lipinski definition) is 5. The van der Waals surface area contributed by atoms with E-state index in [0.29, 0.717) is 13.0 Å². The van der Waals surface area contributed by atoms with Crippen LogP contribution in [0.4, 0.5) is 5.69 Å². The van der Waals surface area contributed by atoms with E-state index in [4.69, 9.17) is 4.42 Å². The number of nitrogens with one attached hydrogen (secondary N) is 1. The third kappa shape index (κ3) is 2.09. The van der Waals surface area contributed by atoms with E-state index in [1.807, 2.05) is 37.5 Å². The molecular weight excluding hydrogens is 346 g/mol. The van der Waals surface area contributed by atoms with Gasteiger partial charge in [0.25, 0.3) is 5.91 Å². The van der Waals surface area contributed by atoms with Crippen molar-refractivity contribution in [2.45, 2.75) is 17.9 Å². The van der Waals surface area contributed by atoms with Gasteiger partial charge in [0.1, 0.15) is 11.7 Å². The predicted molar refractivity (Wildman–Crippen MR) is 94.9 cm³/mol. The molecular formula is C19H17N5O3. The van der Waals surface area contributed by atoms with E-state index in [1.54, 1.807) is 15.8 Å². The SMILES string of the molecule is Cn1cc(C2N(C(=O)c3cocn3)CCC23C(=O)Nc2ccccc23)cn1. The smallest absolute Gasteiger partial charge is 0.276 e. The van der Waals surface area contributed by atoms with Crippen LogP contribution in [-0.2, 0) is 17.3 Å². The summed E-state index contributed by atoms with van der Waals surface area (Å²) in [7, 11) is 1.82. The number of carbonyl (C=O) groups is 2. The van der Waals surface area contributed by atoms with Crippen LogP contribution in [0.1, 0.15) is 34.1 Å². The first kappa shape index (κ1) is 15.8. The molecule has 2 aromatic heterocycles. The summed E-state index contributed by atoms with van der Waals surface area (Å²) in [6.45, 7) is 0.438. The van der Waals surface area contributed by atoms with Crippen molar-refractivity contribution in [2.24, 2.45) is 7.05 Å². The number of aromatic nitrogens is 3. The number of amides is 2. The Kier molecular flexibility index (Phi) is 3.24. The van der Waals surface area contributed by atoms with Gasteiger partial charge in [-0.1, -0.05) is 18.2 Å². The van der Waals surface area contributed by atoms with Gasteiger partial charge in [-0.15, -0.1) is 0 Å². The zero-order chi connectivity index (χ0) is 18.6. The van der Waals surface area contributed by atoms with Crippen molar-refractivity contribution in [3.05, 3.63) is 66.1 Å². The minimum Gasteiger partial charge on any atom is -0.451 e. The van der Waals surface area contributed by atoms with Crippen LogP contribution in [-0.4, -0.2) is 38.0 Å². The summed E-state index contributed by atoms with van der Waals surface area (Å²) in [6, 6.07) is 7.19. The molecule has 2 aliphatic heterocycles. The van der Waals surface area contributed by atoms with E-state index in [0.717, 1.165) is 16.8 Å². The molecule has 2 atom stereocenters. The first-order valence-corrected chi connectivity index (χ1v) is 8.70. The van der Waals surface area contributed by atoms with Crippen molar-refractivity contribution in [1.82, 2.24) is 19.7 Å². The second-order valence-electron chi connectivity index (χ2n) is 6.94. The number of hydrogen-bond donors (Lipinski definition) is 1. The van der Waals surface area contributed by atoms with Crippen molar-refractivity contribution in [3.8, 4) is 0 Å². The third-order valence-corrected chi connectivity index (χ3v) is 5.54. The Hall–Kier alpha value is -3.42.